The van der Waals surface area contributed by atoms with Crippen molar-refractivity contribution in [2.24, 2.45) is 5.84 Å². The Morgan fingerprint density at radius 1 is 1.28 bits per heavy atom. The summed E-state index contributed by atoms with van der Waals surface area (Å²) < 4.78 is 5.14. The van der Waals surface area contributed by atoms with Crippen LogP contribution < -0.4 is 11.3 Å². The first-order valence-electron chi connectivity index (χ1n) is 6.67. The maximum Gasteiger partial charge on any atom is 0.144 e. The minimum absolute atomic E-state index is 0.469. The molecule has 1 heterocycles. The number of nitrogen functional groups attached to an aromatic ring is 1. The topological polar surface area (TPSA) is 73.1 Å². The second-order valence-electron chi connectivity index (χ2n) is 4.87. The lowest BCUT2D eigenvalue weighted by atomic mass is 9.99. The van der Waals surface area contributed by atoms with Crippen molar-refractivity contribution in [2.45, 2.75) is 51.0 Å². The third-order valence-electron chi connectivity index (χ3n) is 3.46. The van der Waals surface area contributed by atoms with E-state index in [2.05, 4.69) is 15.4 Å². The van der Waals surface area contributed by atoms with E-state index in [0.717, 1.165) is 11.5 Å². The fourth-order valence-corrected chi connectivity index (χ4v) is 2.53. The highest BCUT2D eigenvalue weighted by atomic mass is 16.5. The number of methoxy groups -OCH3 is 1. The molecule has 0 bridgehead atoms. The maximum atomic E-state index is 5.46. The van der Waals surface area contributed by atoms with E-state index < -0.39 is 0 Å². The van der Waals surface area contributed by atoms with Crippen molar-refractivity contribution in [2.75, 3.05) is 12.5 Å². The van der Waals surface area contributed by atoms with Crippen LogP contribution in [0.15, 0.2) is 6.07 Å². The molecule has 0 aliphatic heterocycles. The van der Waals surface area contributed by atoms with Crippen LogP contribution in [-0.2, 0) is 11.3 Å². The number of nitrogens with two attached hydrogens (primary N) is 1. The number of ether oxygens (including phenoxy) is 1. The number of nitrogens with one attached hydrogen (secondary N) is 1. The van der Waals surface area contributed by atoms with E-state index in [9.17, 15) is 0 Å². The molecule has 5 heteroatoms. The highest BCUT2D eigenvalue weighted by Crippen LogP contribution is 2.30. The van der Waals surface area contributed by atoms with Gasteiger partial charge in [0.15, 0.2) is 0 Å². The summed E-state index contributed by atoms with van der Waals surface area (Å²) in [5, 5.41) is 0. The zero-order valence-electron chi connectivity index (χ0n) is 11.0. The summed E-state index contributed by atoms with van der Waals surface area (Å²) in [4.78, 5) is 9.10. The molecule has 100 valence electrons. The Bertz CT molecular complexity index is 375. The Kier molecular flexibility index (Phi) is 4.90. The number of hydrogen-bond donors (Lipinski definition) is 2. The number of nitrogens with zero attached hydrogens (tertiary/aromatic N) is 2. The fraction of sp³-hybridized carbons (Fsp3) is 0.692. The Labute approximate surface area is 108 Å². The highest BCUT2D eigenvalue weighted by Gasteiger charge is 2.18. The smallest absolute Gasteiger partial charge is 0.144 e. The van der Waals surface area contributed by atoms with Crippen molar-refractivity contribution in [3.8, 4) is 0 Å². The standard InChI is InChI=1S/C13H22N4O/c1-18-9-11-8-12(17-14)16-13(15-11)10-6-4-2-3-5-7-10/h8,10H,2-7,9,14H2,1H3,(H,15,16,17). The number of aromatic nitrogens is 2. The van der Waals surface area contributed by atoms with E-state index >= 15 is 0 Å². The molecule has 1 saturated carbocycles. The van der Waals surface area contributed by atoms with E-state index in [1.54, 1.807) is 7.11 Å². The van der Waals surface area contributed by atoms with Gasteiger partial charge in [-0.3, -0.25) is 0 Å². The van der Waals surface area contributed by atoms with Gasteiger partial charge in [0.25, 0.3) is 0 Å². The van der Waals surface area contributed by atoms with Crippen molar-refractivity contribution in [3.63, 3.8) is 0 Å². The Balaban J connectivity index is 2.21. The molecule has 2 rings (SSSR count). The van der Waals surface area contributed by atoms with Crippen LogP contribution in [0.5, 0.6) is 0 Å². The van der Waals surface area contributed by atoms with Crippen LogP contribution in [0.2, 0.25) is 0 Å². The maximum absolute atomic E-state index is 5.46. The van der Waals surface area contributed by atoms with E-state index in [4.69, 9.17) is 10.6 Å². The average molecular weight is 250 g/mol. The van der Waals surface area contributed by atoms with Crippen molar-refractivity contribution in [1.82, 2.24) is 9.97 Å². The molecule has 5 nitrogen and oxygen atoms in total. The predicted molar refractivity (Wildman–Crippen MR) is 71.0 cm³/mol. The lowest BCUT2D eigenvalue weighted by Gasteiger charge is -2.14. The molecule has 0 aromatic carbocycles. The van der Waals surface area contributed by atoms with Gasteiger partial charge in [0, 0.05) is 19.1 Å². The molecule has 0 amide bonds. The fourth-order valence-electron chi connectivity index (χ4n) is 2.53. The van der Waals surface area contributed by atoms with Gasteiger partial charge in [-0.2, -0.15) is 0 Å². The second-order valence-corrected chi connectivity index (χ2v) is 4.87. The van der Waals surface area contributed by atoms with Crippen LogP contribution in [0.25, 0.3) is 0 Å². The zero-order chi connectivity index (χ0) is 12.8. The van der Waals surface area contributed by atoms with Crippen LogP contribution in [0, 0.1) is 0 Å². The monoisotopic (exact) mass is 250 g/mol. The van der Waals surface area contributed by atoms with Crippen molar-refractivity contribution in [3.05, 3.63) is 17.6 Å². The molecule has 0 spiro atoms. The Hall–Kier alpha value is -1.20. The largest absolute Gasteiger partial charge is 0.378 e. The van der Waals surface area contributed by atoms with Gasteiger partial charge in [0.1, 0.15) is 11.6 Å². The van der Waals surface area contributed by atoms with Crippen LogP contribution in [-0.4, -0.2) is 17.1 Å². The first-order chi connectivity index (χ1) is 8.83. The van der Waals surface area contributed by atoms with E-state index in [1.165, 1.54) is 38.5 Å². The molecule has 1 aliphatic rings. The summed E-state index contributed by atoms with van der Waals surface area (Å²) >= 11 is 0. The van der Waals surface area contributed by atoms with Gasteiger partial charge < -0.3 is 10.2 Å². The first-order valence-corrected chi connectivity index (χ1v) is 6.67. The highest BCUT2D eigenvalue weighted by molar-refractivity contribution is 5.34. The first kappa shape index (κ1) is 13.2. The Morgan fingerprint density at radius 3 is 2.61 bits per heavy atom. The number of hydrazine groups is 1. The molecular weight excluding hydrogens is 228 g/mol. The van der Waals surface area contributed by atoms with Gasteiger partial charge in [0.05, 0.1) is 12.3 Å². The minimum atomic E-state index is 0.469. The summed E-state index contributed by atoms with van der Waals surface area (Å²) in [6.45, 7) is 0.497. The van der Waals surface area contributed by atoms with E-state index in [0.29, 0.717) is 18.3 Å². The quantitative estimate of drug-likeness (QED) is 0.487. The number of rotatable bonds is 4. The number of hydrogen-bond acceptors (Lipinski definition) is 5. The van der Waals surface area contributed by atoms with E-state index in [1.807, 2.05) is 6.07 Å². The van der Waals surface area contributed by atoms with Crippen LogP contribution in [0.4, 0.5) is 5.82 Å². The van der Waals surface area contributed by atoms with Crippen molar-refractivity contribution < 1.29 is 4.74 Å². The van der Waals surface area contributed by atoms with Crippen molar-refractivity contribution >= 4 is 5.82 Å². The van der Waals surface area contributed by atoms with Gasteiger partial charge in [-0.1, -0.05) is 25.7 Å². The van der Waals surface area contributed by atoms with E-state index in [-0.39, 0.29) is 0 Å². The summed E-state index contributed by atoms with van der Waals surface area (Å²) in [6, 6.07) is 1.84. The molecule has 0 radical (unpaired) electrons. The molecular formula is C13H22N4O. The summed E-state index contributed by atoms with van der Waals surface area (Å²) in [6.07, 6.45) is 7.56. The molecule has 3 N–H and O–H groups in total. The molecule has 1 aromatic heterocycles. The predicted octanol–water partition coefficient (Wildman–Crippen LogP) is 2.35. The normalized spacial score (nSPS) is 17.4. The molecule has 18 heavy (non-hydrogen) atoms. The third kappa shape index (κ3) is 3.40. The molecule has 0 unspecified atom stereocenters. The van der Waals surface area contributed by atoms with Gasteiger partial charge in [-0.25, -0.2) is 15.8 Å². The third-order valence-corrected chi connectivity index (χ3v) is 3.46. The summed E-state index contributed by atoms with van der Waals surface area (Å²) in [5.41, 5.74) is 3.50. The van der Waals surface area contributed by atoms with Gasteiger partial charge >= 0.3 is 0 Å². The van der Waals surface area contributed by atoms with Crippen LogP contribution in [0.3, 0.4) is 0 Å². The van der Waals surface area contributed by atoms with Gasteiger partial charge in [-0.05, 0) is 12.8 Å². The van der Waals surface area contributed by atoms with Gasteiger partial charge in [0.2, 0.25) is 0 Å². The van der Waals surface area contributed by atoms with Gasteiger partial charge in [-0.15, -0.1) is 0 Å². The lowest BCUT2D eigenvalue weighted by Crippen LogP contribution is -2.14. The second kappa shape index (κ2) is 6.66. The minimum Gasteiger partial charge on any atom is -0.378 e. The molecule has 0 saturated heterocycles. The summed E-state index contributed by atoms with van der Waals surface area (Å²) in [7, 11) is 1.67. The van der Waals surface area contributed by atoms with Crippen LogP contribution >= 0.6 is 0 Å². The summed E-state index contributed by atoms with van der Waals surface area (Å²) in [5.74, 6) is 7.53. The lowest BCUT2D eigenvalue weighted by molar-refractivity contribution is 0.181. The molecule has 1 aliphatic carbocycles. The molecule has 0 atom stereocenters. The SMILES string of the molecule is COCc1cc(NN)nc(C2CCCCCC2)n1. The molecule has 1 aromatic rings. The van der Waals surface area contributed by atoms with Crippen LogP contribution in [0.1, 0.15) is 56.0 Å². The molecule has 1 fully saturated rings. The average Bonchev–Trinajstić information content (AvgIpc) is 2.67. The zero-order valence-corrected chi connectivity index (χ0v) is 11.0. The van der Waals surface area contributed by atoms with Crippen molar-refractivity contribution in [1.29, 1.82) is 0 Å². The Morgan fingerprint density at radius 2 is 2.00 bits per heavy atom. The number of anilines is 1.